The molecular weight excluding hydrogens is 384 g/mol. The third kappa shape index (κ3) is 4.05. The molecule has 30 heavy (non-hydrogen) atoms. The summed E-state index contributed by atoms with van der Waals surface area (Å²) in [7, 11) is 1.60. The summed E-state index contributed by atoms with van der Waals surface area (Å²) >= 11 is 0. The number of esters is 1. The van der Waals surface area contributed by atoms with Gasteiger partial charge in [0.1, 0.15) is 5.75 Å². The molecule has 0 saturated carbocycles. The van der Waals surface area contributed by atoms with Crippen LogP contribution in [0.4, 0.5) is 0 Å². The minimum atomic E-state index is -0.690. The summed E-state index contributed by atoms with van der Waals surface area (Å²) < 4.78 is 15.3. The summed E-state index contributed by atoms with van der Waals surface area (Å²) in [6.45, 7) is -0.422. The average Bonchev–Trinajstić information content (AvgIpc) is 3.48. The largest absolute Gasteiger partial charge is 0.497 e. The number of nitrogens with one attached hydrogen (secondary N) is 1. The van der Waals surface area contributed by atoms with Gasteiger partial charge in [-0.2, -0.15) is 0 Å². The fourth-order valence-electron chi connectivity index (χ4n) is 3.17. The molecule has 3 aromatic rings. The van der Waals surface area contributed by atoms with Gasteiger partial charge in [-0.25, -0.2) is 9.80 Å². The quantitative estimate of drug-likeness (QED) is 0.633. The topological polar surface area (TPSA) is 81.0 Å². The van der Waals surface area contributed by atoms with Crippen LogP contribution in [0.3, 0.4) is 0 Å². The van der Waals surface area contributed by atoms with Crippen LogP contribution in [0.1, 0.15) is 27.7 Å². The van der Waals surface area contributed by atoms with Gasteiger partial charge in [-0.3, -0.25) is 10.2 Å². The molecule has 1 aliphatic heterocycles. The summed E-state index contributed by atoms with van der Waals surface area (Å²) in [6.07, 6.45) is 3.33. The molecular formula is C23H20N2O5. The predicted octanol–water partition coefficient (Wildman–Crippen LogP) is 3.57. The second-order valence-corrected chi connectivity index (χ2v) is 6.59. The molecule has 1 N–H and O–H groups in total. The molecule has 1 amide bonds. The number of rotatable bonds is 6. The maximum atomic E-state index is 12.9. The van der Waals surface area contributed by atoms with E-state index in [1.54, 1.807) is 13.2 Å². The minimum absolute atomic E-state index is 0.0481. The first kappa shape index (κ1) is 19.3. The van der Waals surface area contributed by atoms with Gasteiger partial charge in [0, 0.05) is 0 Å². The monoisotopic (exact) mass is 404 g/mol. The molecule has 4 rings (SSSR count). The van der Waals surface area contributed by atoms with Crippen molar-refractivity contribution in [3.63, 3.8) is 0 Å². The number of hydrogen-bond acceptors (Lipinski definition) is 6. The molecule has 2 aromatic carbocycles. The summed E-state index contributed by atoms with van der Waals surface area (Å²) in [5, 5.41) is 1.46. The number of ether oxygens (including phenoxy) is 2. The van der Waals surface area contributed by atoms with E-state index in [-0.39, 0.29) is 11.8 Å². The third-order valence-corrected chi connectivity index (χ3v) is 4.70. The van der Waals surface area contributed by atoms with E-state index in [0.29, 0.717) is 0 Å². The van der Waals surface area contributed by atoms with Crippen LogP contribution in [0.15, 0.2) is 83.5 Å². The van der Waals surface area contributed by atoms with E-state index in [9.17, 15) is 9.59 Å². The van der Waals surface area contributed by atoms with Crippen molar-refractivity contribution in [2.75, 3.05) is 13.7 Å². The smallest absolute Gasteiger partial charge is 0.374 e. The van der Waals surface area contributed by atoms with Crippen molar-refractivity contribution in [2.24, 2.45) is 0 Å². The van der Waals surface area contributed by atoms with E-state index < -0.39 is 18.5 Å². The maximum absolute atomic E-state index is 12.9. The van der Waals surface area contributed by atoms with Crippen molar-refractivity contribution >= 4 is 17.6 Å². The van der Waals surface area contributed by atoms with Gasteiger partial charge in [-0.1, -0.05) is 42.5 Å². The number of furan rings is 1. The first-order valence-electron chi connectivity index (χ1n) is 9.36. The van der Waals surface area contributed by atoms with Crippen LogP contribution >= 0.6 is 0 Å². The number of methoxy groups -OCH3 is 1. The predicted molar refractivity (Wildman–Crippen MR) is 109 cm³/mol. The highest BCUT2D eigenvalue weighted by Crippen LogP contribution is 2.32. The molecule has 7 nitrogen and oxygen atoms in total. The lowest BCUT2D eigenvalue weighted by molar-refractivity contribution is -0.137. The van der Waals surface area contributed by atoms with Crippen LogP contribution in [-0.2, 0) is 9.53 Å². The Morgan fingerprint density at radius 2 is 1.80 bits per heavy atom. The van der Waals surface area contributed by atoms with Gasteiger partial charge in [0.05, 0.1) is 25.1 Å². The highest BCUT2D eigenvalue weighted by molar-refractivity contribution is 5.89. The summed E-state index contributed by atoms with van der Waals surface area (Å²) in [6, 6.07) is 19.8. The second kappa shape index (κ2) is 8.57. The van der Waals surface area contributed by atoms with Crippen molar-refractivity contribution in [3.05, 3.63) is 96.0 Å². The highest BCUT2D eigenvalue weighted by Gasteiger charge is 2.31. The molecule has 0 radical (unpaired) electrons. The van der Waals surface area contributed by atoms with Crippen molar-refractivity contribution in [1.29, 1.82) is 0 Å². The van der Waals surface area contributed by atoms with Gasteiger partial charge in [0.25, 0.3) is 5.91 Å². The summed E-state index contributed by atoms with van der Waals surface area (Å²) in [5.41, 5.74) is 5.77. The van der Waals surface area contributed by atoms with Crippen molar-refractivity contribution < 1.29 is 23.5 Å². The van der Waals surface area contributed by atoms with Gasteiger partial charge >= 0.3 is 5.97 Å². The molecule has 0 fully saturated rings. The number of amides is 1. The fourth-order valence-corrected chi connectivity index (χ4v) is 3.17. The second-order valence-electron chi connectivity index (χ2n) is 6.59. The van der Waals surface area contributed by atoms with E-state index >= 15 is 0 Å². The Labute approximate surface area is 173 Å². The number of hydrazine groups is 1. The first-order valence-corrected chi connectivity index (χ1v) is 9.36. The van der Waals surface area contributed by atoms with Crippen LogP contribution in [0.25, 0.3) is 5.70 Å². The van der Waals surface area contributed by atoms with Gasteiger partial charge in [0.15, 0.2) is 6.61 Å². The molecule has 1 aromatic heterocycles. The van der Waals surface area contributed by atoms with Crippen LogP contribution < -0.4 is 10.2 Å². The van der Waals surface area contributed by atoms with Crippen molar-refractivity contribution in [2.45, 2.75) is 6.04 Å². The zero-order chi connectivity index (χ0) is 20.9. The van der Waals surface area contributed by atoms with Gasteiger partial charge in [-0.05, 0) is 41.5 Å². The Hall–Kier alpha value is -4.00. The minimum Gasteiger partial charge on any atom is -0.497 e. The Balaban J connectivity index is 1.54. The number of carbonyl (C=O) groups excluding carboxylic acids is 2. The molecule has 0 spiro atoms. The molecule has 1 atom stereocenters. The summed E-state index contributed by atoms with van der Waals surface area (Å²) in [4.78, 5) is 24.9. The molecule has 7 heteroatoms. The molecule has 0 unspecified atom stereocenters. The maximum Gasteiger partial charge on any atom is 0.374 e. The fraction of sp³-hybridized carbons (Fsp3) is 0.130. The average molecular weight is 404 g/mol. The van der Waals surface area contributed by atoms with Crippen LogP contribution in [-0.4, -0.2) is 30.6 Å². The van der Waals surface area contributed by atoms with Crippen LogP contribution in [0.5, 0.6) is 5.75 Å². The molecule has 0 aliphatic carbocycles. The Kier molecular flexibility index (Phi) is 5.52. The standard InChI is InChI=1S/C23H20N2O5/c1-28-18-11-9-17(10-12-18)20-14-19(16-6-3-2-4-7-16)24-25(20)22(26)15-30-23(27)21-8-5-13-29-21/h2-14,20,24H,15H2,1H3/t20-/m0/s1. The SMILES string of the molecule is COc1ccc([C@@H]2C=C(c3ccccc3)NN2C(=O)COC(=O)c2ccco2)cc1. The van der Waals surface area contributed by atoms with Gasteiger partial charge in [-0.15, -0.1) is 0 Å². The van der Waals surface area contributed by atoms with Crippen molar-refractivity contribution in [3.8, 4) is 5.75 Å². The third-order valence-electron chi connectivity index (χ3n) is 4.70. The molecule has 1 aliphatic rings. The van der Waals surface area contributed by atoms with Crippen LogP contribution in [0, 0.1) is 0 Å². The molecule has 0 bridgehead atoms. The Morgan fingerprint density at radius 1 is 1.03 bits per heavy atom. The zero-order valence-electron chi connectivity index (χ0n) is 16.3. The Morgan fingerprint density at radius 3 is 2.47 bits per heavy atom. The Bertz CT molecular complexity index is 1040. The number of hydrogen-bond donors (Lipinski definition) is 1. The highest BCUT2D eigenvalue weighted by atomic mass is 16.5. The van der Waals surface area contributed by atoms with Crippen LogP contribution in [0.2, 0.25) is 0 Å². The molecule has 152 valence electrons. The lowest BCUT2D eigenvalue weighted by atomic mass is 10.0. The lowest BCUT2D eigenvalue weighted by Gasteiger charge is -2.25. The zero-order valence-corrected chi connectivity index (χ0v) is 16.3. The normalized spacial score (nSPS) is 15.3. The lowest BCUT2D eigenvalue weighted by Crippen LogP contribution is -2.42. The van der Waals surface area contributed by atoms with Gasteiger partial charge < -0.3 is 13.9 Å². The van der Waals surface area contributed by atoms with E-state index in [2.05, 4.69) is 5.43 Å². The molecule has 0 saturated heterocycles. The van der Waals surface area contributed by atoms with E-state index in [4.69, 9.17) is 13.9 Å². The number of carbonyl (C=O) groups is 2. The van der Waals surface area contributed by atoms with Gasteiger partial charge in [0.2, 0.25) is 5.76 Å². The van der Waals surface area contributed by atoms with Crippen molar-refractivity contribution in [1.82, 2.24) is 10.4 Å². The van der Waals surface area contributed by atoms with E-state index in [1.165, 1.54) is 17.3 Å². The summed E-state index contributed by atoms with van der Waals surface area (Å²) in [5.74, 6) is -0.308. The number of benzene rings is 2. The molecule has 2 heterocycles. The van der Waals surface area contributed by atoms with E-state index in [1.807, 2.05) is 60.7 Å². The first-order chi connectivity index (χ1) is 14.7. The van der Waals surface area contributed by atoms with E-state index in [0.717, 1.165) is 22.6 Å². The number of nitrogens with zero attached hydrogens (tertiary/aromatic N) is 1.